The molecule has 12 N–H and O–H groups in total. The van der Waals surface area contributed by atoms with Crippen molar-refractivity contribution in [1.82, 2.24) is 20.4 Å². The van der Waals surface area contributed by atoms with Gasteiger partial charge in [0.1, 0.15) is 4.90 Å². The lowest BCUT2D eigenvalue weighted by Crippen LogP contribution is -2.55. The van der Waals surface area contributed by atoms with Crippen LogP contribution in [0.4, 0.5) is 5.95 Å². The number of rotatable bonds is 8. The lowest BCUT2D eigenvalue weighted by Gasteiger charge is -2.38. The van der Waals surface area contributed by atoms with E-state index in [2.05, 4.69) is 15.1 Å². The first-order chi connectivity index (χ1) is 16.5. The molecule has 0 radical (unpaired) electrons. The molecule has 0 aliphatic carbocycles. The number of anilines is 1. The second kappa shape index (κ2) is 9.06. The van der Waals surface area contributed by atoms with Gasteiger partial charge in [-0.1, -0.05) is 18.2 Å². The highest BCUT2D eigenvalue weighted by molar-refractivity contribution is 7.94. The average molecular weight is 523 g/mol. The average Bonchev–Trinajstić information content (AvgIpc) is 3.14. The van der Waals surface area contributed by atoms with Gasteiger partial charge in [0, 0.05) is 37.3 Å². The Hall–Kier alpha value is -3.28. The van der Waals surface area contributed by atoms with E-state index in [0.717, 1.165) is 0 Å². The van der Waals surface area contributed by atoms with E-state index in [4.69, 9.17) is 28.2 Å². The Morgan fingerprint density at radius 1 is 1.17 bits per heavy atom. The summed E-state index contributed by atoms with van der Waals surface area (Å²) in [6, 6.07) is 7.71. The van der Waals surface area contributed by atoms with Crippen LogP contribution in [0.3, 0.4) is 0 Å². The highest BCUT2D eigenvalue weighted by atomic mass is 32.2. The Balaban J connectivity index is 2.02. The molecule has 2 aromatic carbocycles. The van der Waals surface area contributed by atoms with Gasteiger partial charge in [0.05, 0.1) is 21.2 Å². The van der Waals surface area contributed by atoms with Crippen LogP contribution in [-0.4, -0.2) is 69.0 Å². The summed E-state index contributed by atoms with van der Waals surface area (Å²) in [7, 11) is -8.75. The van der Waals surface area contributed by atoms with Crippen LogP contribution in [0, 0.1) is 0 Å². The maximum atomic E-state index is 13.5. The topological polar surface area (TPSA) is 255 Å². The minimum Gasteiger partial charge on any atom is -0.382 e. The third-order valence-electron chi connectivity index (χ3n) is 5.78. The highest BCUT2D eigenvalue weighted by Crippen LogP contribution is 2.38. The number of aromatic nitrogens is 2. The molecule has 4 rings (SSSR count). The second-order valence-electron chi connectivity index (χ2n) is 8.03. The van der Waals surface area contributed by atoms with Gasteiger partial charge >= 0.3 is 0 Å². The van der Waals surface area contributed by atoms with Crippen molar-refractivity contribution in [3.8, 4) is 11.1 Å². The molecule has 14 nitrogen and oxygen atoms in total. The molecule has 1 aliphatic heterocycles. The summed E-state index contributed by atoms with van der Waals surface area (Å²) in [5.41, 5.74) is 20.8. The Labute approximate surface area is 201 Å². The Morgan fingerprint density at radius 3 is 2.51 bits per heavy atom. The number of H-pyrrole nitrogens is 1. The van der Waals surface area contributed by atoms with E-state index in [-0.39, 0.29) is 36.0 Å². The van der Waals surface area contributed by atoms with Crippen LogP contribution in [0.5, 0.6) is 0 Å². The number of imidazole rings is 1. The quantitative estimate of drug-likeness (QED) is 0.0733. The number of sulfonamides is 1. The first kappa shape index (κ1) is 24.8. The Bertz CT molecular complexity index is 1530. The van der Waals surface area contributed by atoms with Gasteiger partial charge in [0.15, 0.2) is 21.6 Å². The molecular weight excluding hydrogens is 496 g/mol. The standard InChI is InChI=1S/C19H26N10O4S2/c20-6-7-29-8-10(9-29)34(30,31)14-5-4-11(12-2-1-3-13-16(12)26-19(22)25-13)15(18(21)27-28-23)17(14)35(24,32)33/h1-5,10,28H,6-9,20,23H2,(H2,21,27)(H3,22,25,26)(H2,24,32,33). The lowest BCUT2D eigenvalue weighted by molar-refractivity contribution is 0.190. The Kier molecular flexibility index (Phi) is 6.43. The summed E-state index contributed by atoms with van der Waals surface area (Å²) >= 11 is 0. The fourth-order valence-corrected chi connectivity index (χ4v) is 7.54. The third kappa shape index (κ3) is 4.42. The number of sulfone groups is 1. The molecule has 0 amide bonds. The van der Waals surface area contributed by atoms with Crippen molar-refractivity contribution < 1.29 is 16.8 Å². The van der Waals surface area contributed by atoms with Gasteiger partial charge in [-0.25, -0.2) is 38.3 Å². The number of likely N-dealkylation sites (tertiary alicyclic amines) is 1. The van der Waals surface area contributed by atoms with Crippen LogP contribution in [0.15, 0.2) is 45.2 Å². The van der Waals surface area contributed by atoms with Gasteiger partial charge in [-0.15, -0.1) is 5.10 Å². The number of amidine groups is 1. The zero-order chi connectivity index (χ0) is 25.5. The van der Waals surface area contributed by atoms with Gasteiger partial charge < -0.3 is 22.2 Å². The monoisotopic (exact) mass is 522 g/mol. The number of benzene rings is 2. The van der Waals surface area contributed by atoms with E-state index in [9.17, 15) is 16.8 Å². The molecule has 0 saturated carbocycles. The summed E-state index contributed by atoms with van der Waals surface area (Å²) in [6.45, 7) is 1.31. The molecule has 2 heterocycles. The number of hydrogen-bond acceptors (Lipinski definition) is 11. The van der Waals surface area contributed by atoms with Gasteiger partial charge in [-0.05, 0) is 17.7 Å². The Morgan fingerprint density at radius 2 is 1.89 bits per heavy atom. The van der Waals surface area contributed by atoms with Crippen LogP contribution in [-0.2, 0) is 19.9 Å². The fraction of sp³-hybridized carbons (Fsp3) is 0.263. The van der Waals surface area contributed by atoms with Crippen molar-refractivity contribution in [3.05, 3.63) is 35.9 Å². The number of nitrogens with one attached hydrogen (secondary N) is 2. The number of fused-ring (bicyclic) bond motifs is 1. The number of nitrogens with zero attached hydrogens (tertiary/aromatic N) is 3. The molecule has 0 bridgehead atoms. The summed E-state index contributed by atoms with van der Waals surface area (Å²) < 4.78 is 52.7. The number of nitrogen functional groups attached to an aromatic ring is 1. The van der Waals surface area contributed by atoms with E-state index >= 15 is 0 Å². The molecule has 188 valence electrons. The largest absolute Gasteiger partial charge is 0.382 e. The minimum absolute atomic E-state index is 0.136. The normalized spacial score (nSPS) is 15.9. The fourth-order valence-electron chi connectivity index (χ4n) is 4.21. The van der Waals surface area contributed by atoms with Crippen molar-refractivity contribution >= 4 is 42.7 Å². The summed E-state index contributed by atoms with van der Waals surface area (Å²) in [6.07, 6.45) is 0. The number of nitrogens with two attached hydrogens (primary N) is 5. The SMILES string of the molecule is NCCN1CC(S(=O)(=O)c2ccc(-c3cccc4[nH]c(N)nc34)c(/C(N)=N/NN)c2S(N)(=O)=O)C1. The minimum atomic E-state index is -4.63. The zero-order valence-electron chi connectivity index (χ0n) is 18.5. The van der Waals surface area contributed by atoms with Crippen molar-refractivity contribution in [3.63, 3.8) is 0 Å². The van der Waals surface area contributed by atoms with Crippen LogP contribution in [0.25, 0.3) is 22.2 Å². The summed E-state index contributed by atoms with van der Waals surface area (Å²) in [4.78, 5) is 7.85. The molecule has 1 aliphatic rings. The van der Waals surface area contributed by atoms with Crippen molar-refractivity contribution in [2.24, 2.45) is 27.6 Å². The van der Waals surface area contributed by atoms with Crippen LogP contribution >= 0.6 is 0 Å². The van der Waals surface area contributed by atoms with E-state index in [1.165, 1.54) is 12.1 Å². The number of aromatic amines is 1. The predicted octanol–water partition coefficient (Wildman–Crippen LogP) is -2.04. The van der Waals surface area contributed by atoms with E-state index in [1.807, 2.05) is 10.4 Å². The van der Waals surface area contributed by atoms with Gasteiger partial charge in [0.2, 0.25) is 10.0 Å². The first-order valence-corrected chi connectivity index (χ1v) is 13.5. The zero-order valence-corrected chi connectivity index (χ0v) is 20.1. The predicted molar refractivity (Wildman–Crippen MR) is 132 cm³/mol. The number of hydrogen-bond donors (Lipinski definition) is 7. The second-order valence-corrected chi connectivity index (χ2v) is 11.7. The van der Waals surface area contributed by atoms with E-state index in [0.29, 0.717) is 29.7 Å². The molecule has 0 unspecified atom stereocenters. The first-order valence-electron chi connectivity index (χ1n) is 10.4. The van der Waals surface area contributed by atoms with Crippen LogP contribution in [0.2, 0.25) is 0 Å². The smallest absolute Gasteiger partial charge is 0.240 e. The molecule has 0 spiro atoms. The molecule has 35 heavy (non-hydrogen) atoms. The molecule has 16 heteroatoms. The van der Waals surface area contributed by atoms with Gasteiger partial charge in [-0.3, -0.25) is 4.90 Å². The van der Waals surface area contributed by atoms with E-state index < -0.39 is 34.9 Å². The van der Waals surface area contributed by atoms with Gasteiger partial charge in [-0.2, -0.15) is 0 Å². The maximum Gasteiger partial charge on any atom is 0.240 e. The molecule has 3 aromatic rings. The molecule has 1 fully saturated rings. The third-order valence-corrected chi connectivity index (χ3v) is 9.03. The maximum absolute atomic E-state index is 13.5. The van der Waals surface area contributed by atoms with Crippen molar-refractivity contribution in [2.45, 2.75) is 15.0 Å². The van der Waals surface area contributed by atoms with E-state index in [1.54, 1.807) is 18.2 Å². The lowest BCUT2D eigenvalue weighted by atomic mass is 9.97. The molecule has 1 saturated heterocycles. The highest BCUT2D eigenvalue weighted by Gasteiger charge is 2.41. The van der Waals surface area contributed by atoms with Crippen molar-refractivity contribution in [1.29, 1.82) is 0 Å². The molecule has 0 atom stereocenters. The molecule has 1 aromatic heterocycles. The van der Waals surface area contributed by atoms with Crippen LogP contribution in [0.1, 0.15) is 5.56 Å². The molecular formula is C19H26N10O4S2. The number of hydrazone groups is 1. The van der Waals surface area contributed by atoms with Crippen LogP contribution < -0.4 is 33.7 Å². The van der Waals surface area contributed by atoms with Gasteiger partial charge in [0.25, 0.3) is 0 Å². The number of hydrazine groups is 1. The number of primary sulfonamides is 1. The summed E-state index contributed by atoms with van der Waals surface area (Å²) in [5.74, 6) is 5.04. The number of para-hydroxylation sites is 1. The summed E-state index contributed by atoms with van der Waals surface area (Å²) in [5, 5.41) is 8.44. The van der Waals surface area contributed by atoms with Crippen molar-refractivity contribution in [2.75, 3.05) is 31.9 Å².